The number of hydrogen-bond acceptors (Lipinski definition) is 2. The van der Waals surface area contributed by atoms with E-state index in [2.05, 4.69) is 162 Å². The van der Waals surface area contributed by atoms with Crippen LogP contribution in [0.2, 0.25) is 0 Å². The summed E-state index contributed by atoms with van der Waals surface area (Å²) in [5.74, 6) is 0. The fourth-order valence-corrected chi connectivity index (χ4v) is 8.65. The normalized spacial score (nSPS) is 15.5. The van der Waals surface area contributed by atoms with E-state index in [1.165, 1.54) is 77.0 Å². The van der Waals surface area contributed by atoms with Crippen molar-refractivity contribution in [2.45, 2.75) is 17.7 Å². The summed E-state index contributed by atoms with van der Waals surface area (Å²) in [6, 6.07) is 43.4. The molecule has 0 N–H and O–H groups in total. The van der Waals surface area contributed by atoms with E-state index in [9.17, 15) is 0 Å². The Morgan fingerprint density at radius 2 is 1.18 bits per heavy atom. The van der Waals surface area contributed by atoms with Crippen molar-refractivity contribution in [1.82, 2.24) is 0 Å². The van der Waals surface area contributed by atoms with Gasteiger partial charge in [-0.05, 0) is 94.0 Å². The molecule has 3 aliphatic rings. The van der Waals surface area contributed by atoms with Gasteiger partial charge in [-0.1, -0.05) is 103 Å². The summed E-state index contributed by atoms with van der Waals surface area (Å²) in [6.07, 6.45) is 16.6. The molecule has 1 aliphatic carbocycles. The standard InChI is InChI=1S/C41H35BN2S/c1-45(2,3)32-26-37-39-38(27-32)44(31-18-8-5-9-19-31)41-34-21-13-11-15-29(34)23-25-36(41)42(39)35-24-22-28-14-10-12-20-33(28)40(35)43(37)30-16-6-4-7-17-30/h4,6-8,10-27H,5,9H2,1-3H3. The highest BCUT2D eigenvalue weighted by Gasteiger charge is 2.45. The van der Waals surface area contributed by atoms with Crippen molar-refractivity contribution in [3.8, 4) is 0 Å². The molecule has 0 spiro atoms. The van der Waals surface area contributed by atoms with Crippen molar-refractivity contribution in [3.05, 3.63) is 139 Å². The molecule has 45 heavy (non-hydrogen) atoms. The number of anilines is 5. The van der Waals surface area contributed by atoms with Crippen molar-refractivity contribution in [2.75, 3.05) is 28.6 Å². The van der Waals surface area contributed by atoms with E-state index < -0.39 is 10.0 Å². The van der Waals surface area contributed by atoms with Gasteiger partial charge in [0.1, 0.15) is 0 Å². The summed E-state index contributed by atoms with van der Waals surface area (Å²) < 4.78 is 0. The van der Waals surface area contributed by atoms with Gasteiger partial charge >= 0.3 is 0 Å². The molecule has 0 unspecified atom stereocenters. The van der Waals surface area contributed by atoms with Gasteiger partial charge in [0.25, 0.3) is 6.71 Å². The van der Waals surface area contributed by atoms with Crippen molar-refractivity contribution in [1.29, 1.82) is 0 Å². The van der Waals surface area contributed by atoms with Crippen molar-refractivity contribution in [3.63, 3.8) is 0 Å². The number of fused-ring (bicyclic) bond motifs is 8. The maximum atomic E-state index is 2.60. The minimum absolute atomic E-state index is 0.114. The van der Waals surface area contributed by atoms with Crippen LogP contribution in [0.1, 0.15) is 12.8 Å². The number of para-hydroxylation sites is 1. The largest absolute Gasteiger partial charge is 0.311 e. The minimum Gasteiger partial charge on any atom is -0.311 e. The van der Waals surface area contributed by atoms with Crippen molar-refractivity contribution < 1.29 is 0 Å². The van der Waals surface area contributed by atoms with Crippen LogP contribution in [0.4, 0.5) is 28.4 Å². The van der Waals surface area contributed by atoms with E-state index in [4.69, 9.17) is 0 Å². The van der Waals surface area contributed by atoms with Gasteiger partial charge in [-0.2, -0.15) is 0 Å². The number of rotatable bonds is 3. The van der Waals surface area contributed by atoms with E-state index in [-0.39, 0.29) is 6.71 Å². The summed E-state index contributed by atoms with van der Waals surface area (Å²) in [5, 5.41) is 5.15. The number of benzene rings is 6. The average molecular weight is 599 g/mol. The van der Waals surface area contributed by atoms with Gasteiger partial charge in [-0.15, -0.1) is 0 Å². The zero-order valence-corrected chi connectivity index (χ0v) is 26.8. The second-order valence-corrected chi connectivity index (χ2v) is 17.4. The van der Waals surface area contributed by atoms with E-state index in [0.717, 1.165) is 12.8 Å². The third-order valence-electron chi connectivity index (χ3n) is 9.77. The van der Waals surface area contributed by atoms with E-state index in [1.54, 1.807) is 0 Å². The first-order valence-electron chi connectivity index (χ1n) is 15.9. The van der Waals surface area contributed by atoms with Crippen LogP contribution in [0.15, 0.2) is 144 Å². The molecule has 0 fully saturated rings. The fraction of sp³-hybridized carbons (Fsp3) is 0.122. The Kier molecular flexibility index (Phi) is 5.89. The molecule has 0 saturated carbocycles. The zero-order chi connectivity index (χ0) is 30.3. The lowest BCUT2D eigenvalue weighted by molar-refractivity contribution is 0.998. The lowest BCUT2D eigenvalue weighted by Gasteiger charge is -2.46. The predicted molar refractivity (Wildman–Crippen MR) is 199 cm³/mol. The summed E-state index contributed by atoms with van der Waals surface area (Å²) in [5.41, 5.74) is 11.9. The molecule has 4 heteroatoms. The SMILES string of the molecule is CS(C)(C)c1cc2c3c(c1)N(c1ccccc1)c1c(ccc4ccccc14)B3c1ccc3ccccc3c1N2C1=CCCC=C1. The Labute approximate surface area is 267 Å². The number of hydrogen-bond donors (Lipinski definition) is 0. The smallest absolute Gasteiger partial charge is 0.252 e. The zero-order valence-electron chi connectivity index (χ0n) is 26.0. The molecule has 0 amide bonds. The third kappa shape index (κ3) is 3.98. The Balaban J connectivity index is 1.48. The molecule has 218 valence electrons. The third-order valence-corrected chi connectivity index (χ3v) is 11.4. The van der Waals surface area contributed by atoms with E-state index in [1.807, 2.05) is 0 Å². The lowest BCUT2D eigenvalue weighted by atomic mass is 9.33. The fourth-order valence-electron chi connectivity index (χ4n) is 7.72. The molecule has 0 bridgehead atoms. The molecule has 2 aliphatic heterocycles. The minimum atomic E-state index is -1.05. The maximum Gasteiger partial charge on any atom is 0.252 e. The van der Waals surface area contributed by atoms with Gasteiger partial charge in [0.15, 0.2) is 0 Å². The van der Waals surface area contributed by atoms with Crippen LogP contribution in [0.5, 0.6) is 0 Å². The first-order valence-corrected chi connectivity index (χ1v) is 18.8. The van der Waals surface area contributed by atoms with Crippen LogP contribution in [-0.4, -0.2) is 25.5 Å². The first-order chi connectivity index (χ1) is 22.0. The second-order valence-electron chi connectivity index (χ2n) is 13.2. The van der Waals surface area contributed by atoms with Crippen molar-refractivity contribution in [2.24, 2.45) is 0 Å². The van der Waals surface area contributed by atoms with Crippen LogP contribution in [0.25, 0.3) is 21.5 Å². The highest BCUT2D eigenvalue weighted by atomic mass is 32.3. The molecule has 6 aromatic rings. The molecule has 0 atom stereocenters. The summed E-state index contributed by atoms with van der Waals surface area (Å²) in [7, 11) is -1.05. The van der Waals surface area contributed by atoms with Crippen LogP contribution < -0.4 is 26.2 Å². The summed E-state index contributed by atoms with van der Waals surface area (Å²) >= 11 is 0. The topological polar surface area (TPSA) is 6.48 Å². The van der Waals surface area contributed by atoms with Crippen LogP contribution in [-0.2, 0) is 0 Å². The molecule has 6 aromatic carbocycles. The molecule has 2 heterocycles. The monoisotopic (exact) mass is 598 g/mol. The van der Waals surface area contributed by atoms with Crippen molar-refractivity contribution >= 4 is 83.1 Å². The quantitative estimate of drug-likeness (QED) is 0.187. The van der Waals surface area contributed by atoms with Gasteiger partial charge in [-0.25, -0.2) is 10.0 Å². The Hall–Kier alpha value is -4.67. The molecule has 0 radical (unpaired) electrons. The van der Waals surface area contributed by atoms with Crippen LogP contribution >= 0.6 is 10.0 Å². The van der Waals surface area contributed by atoms with Gasteiger partial charge in [0, 0.05) is 44.9 Å². The molecule has 9 rings (SSSR count). The van der Waals surface area contributed by atoms with Gasteiger partial charge < -0.3 is 9.80 Å². The Morgan fingerprint density at radius 1 is 0.600 bits per heavy atom. The average Bonchev–Trinajstić information content (AvgIpc) is 3.08. The predicted octanol–water partition coefficient (Wildman–Crippen LogP) is 9.03. The molecule has 2 nitrogen and oxygen atoms in total. The highest BCUT2D eigenvalue weighted by Crippen LogP contribution is 2.52. The van der Waals surface area contributed by atoms with Gasteiger partial charge in [0.2, 0.25) is 0 Å². The maximum absolute atomic E-state index is 2.60. The Morgan fingerprint density at radius 3 is 1.78 bits per heavy atom. The Bertz CT molecular complexity index is 2230. The van der Waals surface area contributed by atoms with Gasteiger partial charge in [-0.3, -0.25) is 0 Å². The van der Waals surface area contributed by atoms with E-state index in [0.29, 0.717) is 0 Å². The summed E-state index contributed by atoms with van der Waals surface area (Å²) in [6.45, 7) is 0.114. The van der Waals surface area contributed by atoms with Gasteiger partial charge in [0.05, 0.1) is 0 Å². The number of nitrogens with zero attached hydrogens (tertiary/aromatic N) is 2. The highest BCUT2D eigenvalue weighted by molar-refractivity contribution is 8.32. The molecule has 0 aromatic heterocycles. The lowest BCUT2D eigenvalue weighted by Crippen LogP contribution is -2.61. The first kappa shape index (κ1) is 26.7. The van der Waals surface area contributed by atoms with Crippen LogP contribution in [0.3, 0.4) is 0 Å². The molecular weight excluding hydrogens is 563 g/mol. The van der Waals surface area contributed by atoms with E-state index >= 15 is 0 Å². The summed E-state index contributed by atoms with van der Waals surface area (Å²) in [4.78, 5) is 6.59. The van der Waals surface area contributed by atoms with Crippen LogP contribution in [0, 0.1) is 0 Å². The second kappa shape index (κ2) is 9.92. The molecular formula is C41H35BN2S. The molecule has 0 saturated heterocycles. The number of allylic oxidation sites excluding steroid dienone is 3.